The van der Waals surface area contributed by atoms with E-state index in [-0.39, 0.29) is 0 Å². The van der Waals surface area contributed by atoms with E-state index >= 15 is 0 Å². The van der Waals surface area contributed by atoms with Crippen molar-refractivity contribution >= 4 is 0 Å². The predicted molar refractivity (Wildman–Crippen MR) is 34.0 cm³/mol. The summed E-state index contributed by atoms with van der Waals surface area (Å²) in [7, 11) is 0. The lowest BCUT2D eigenvalue weighted by atomic mass is 9.93. The van der Waals surface area contributed by atoms with Crippen molar-refractivity contribution in [3.8, 4) is 0 Å². The SMILES string of the molecule is [c]1cn(C2CCC2)cn1. The highest BCUT2D eigenvalue weighted by Crippen LogP contribution is 2.30. The Kier molecular flexibility index (Phi) is 1.04. The first-order valence-electron chi connectivity index (χ1n) is 3.36. The summed E-state index contributed by atoms with van der Waals surface area (Å²) in [5, 5.41) is 0. The van der Waals surface area contributed by atoms with Crippen molar-refractivity contribution in [1.29, 1.82) is 0 Å². The van der Waals surface area contributed by atoms with E-state index in [9.17, 15) is 0 Å². The Morgan fingerprint density at radius 1 is 1.56 bits per heavy atom. The number of hydrogen-bond donors (Lipinski definition) is 0. The average molecular weight is 121 g/mol. The summed E-state index contributed by atoms with van der Waals surface area (Å²) >= 11 is 0. The van der Waals surface area contributed by atoms with Gasteiger partial charge in [0.15, 0.2) is 0 Å². The van der Waals surface area contributed by atoms with Gasteiger partial charge in [-0.25, -0.2) is 4.98 Å². The second kappa shape index (κ2) is 1.87. The van der Waals surface area contributed by atoms with Crippen LogP contribution < -0.4 is 0 Å². The van der Waals surface area contributed by atoms with Gasteiger partial charge in [0.25, 0.3) is 0 Å². The molecule has 0 bridgehead atoms. The molecule has 0 saturated heterocycles. The van der Waals surface area contributed by atoms with Gasteiger partial charge in [0, 0.05) is 12.2 Å². The molecule has 0 unspecified atom stereocenters. The topological polar surface area (TPSA) is 17.8 Å². The van der Waals surface area contributed by atoms with Gasteiger partial charge in [-0.3, -0.25) is 0 Å². The van der Waals surface area contributed by atoms with Gasteiger partial charge in [0.05, 0.1) is 6.33 Å². The van der Waals surface area contributed by atoms with Crippen LogP contribution in [0.5, 0.6) is 0 Å². The third-order valence-corrected chi connectivity index (χ3v) is 1.97. The maximum atomic E-state index is 3.86. The quantitative estimate of drug-likeness (QED) is 0.549. The molecule has 1 heterocycles. The average Bonchev–Trinajstić information content (AvgIpc) is 2.11. The fourth-order valence-electron chi connectivity index (χ4n) is 1.12. The summed E-state index contributed by atoms with van der Waals surface area (Å²) in [6, 6.07) is 0.740. The second-order valence-corrected chi connectivity index (χ2v) is 2.53. The van der Waals surface area contributed by atoms with Gasteiger partial charge in [0.2, 0.25) is 0 Å². The lowest BCUT2D eigenvalue weighted by molar-refractivity contribution is 0.313. The van der Waals surface area contributed by atoms with Gasteiger partial charge in [-0.15, -0.1) is 0 Å². The minimum atomic E-state index is 0.740. The van der Waals surface area contributed by atoms with Crippen LogP contribution in [0.1, 0.15) is 25.3 Å². The number of rotatable bonds is 1. The Hall–Kier alpha value is -0.790. The molecule has 1 saturated carbocycles. The molecule has 1 aliphatic carbocycles. The zero-order valence-corrected chi connectivity index (χ0v) is 5.25. The molecular weight excluding hydrogens is 112 g/mol. The van der Waals surface area contributed by atoms with Crippen LogP contribution in [-0.4, -0.2) is 9.55 Å². The Labute approximate surface area is 54.5 Å². The first-order chi connectivity index (χ1) is 4.47. The highest BCUT2D eigenvalue weighted by molar-refractivity contribution is 4.83. The van der Waals surface area contributed by atoms with Crippen LogP contribution in [0.25, 0.3) is 0 Å². The molecule has 2 rings (SSSR count). The zero-order valence-electron chi connectivity index (χ0n) is 5.25. The largest absolute Gasteiger partial charge is 0.334 e. The predicted octanol–water partition coefficient (Wildman–Crippen LogP) is 1.41. The third-order valence-electron chi connectivity index (χ3n) is 1.97. The molecule has 0 aromatic carbocycles. The molecule has 1 fully saturated rings. The summed E-state index contributed by atoms with van der Waals surface area (Å²) in [4.78, 5) is 3.86. The molecule has 9 heavy (non-hydrogen) atoms. The lowest BCUT2D eigenvalue weighted by Crippen LogP contribution is -2.14. The van der Waals surface area contributed by atoms with Crippen LogP contribution in [0, 0.1) is 6.20 Å². The molecule has 0 atom stereocenters. The van der Waals surface area contributed by atoms with E-state index in [0.29, 0.717) is 0 Å². The van der Waals surface area contributed by atoms with Crippen molar-refractivity contribution in [3.05, 3.63) is 18.7 Å². The van der Waals surface area contributed by atoms with Gasteiger partial charge >= 0.3 is 0 Å². The van der Waals surface area contributed by atoms with Gasteiger partial charge < -0.3 is 4.57 Å². The van der Waals surface area contributed by atoms with E-state index in [4.69, 9.17) is 0 Å². The van der Waals surface area contributed by atoms with Crippen LogP contribution in [0.2, 0.25) is 0 Å². The zero-order chi connectivity index (χ0) is 6.10. The molecule has 0 amide bonds. The molecule has 2 heteroatoms. The fraction of sp³-hybridized carbons (Fsp3) is 0.571. The van der Waals surface area contributed by atoms with Gasteiger partial charge in [-0.05, 0) is 19.3 Å². The van der Waals surface area contributed by atoms with Crippen molar-refractivity contribution in [3.63, 3.8) is 0 Å². The van der Waals surface area contributed by atoms with Crippen LogP contribution in [0.3, 0.4) is 0 Å². The van der Waals surface area contributed by atoms with Crippen LogP contribution >= 0.6 is 0 Å². The van der Waals surface area contributed by atoms with Gasteiger partial charge in [0.1, 0.15) is 6.20 Å². The van der Waals surface area contributed by atoms with Crippen LogP contribution in [-0.2, 0) is 0 Å². The molecular formula is C7H9N2. The molecule has 1 aliphatic rings. The summed E-state index contributed by atoms with van der Waals surface area (Å²) in [6.45, 7) is 0. The molecule has 0 aliphatic heterocycles. The number of hydrogen-bond acceptors (Lipinski definition) is 1. The van der Waals surface area contributed by atoms with E-state index in [0.717, 1.165) is 6.04 Å². The fourth-order valence-corrected chi connectivity index (χ4v) is 1.12. The maximum absolute atomic E-state index is 3.86. The normalized spacial score (nSPS) is 19.6. The Balaban J connectivity index is 2.14. The van der Waals surface area contributed by atoms with E-state index in [1.165, 1.54) is 19.3 Å². The van der Waals surface area contributed by atoms with E-state index in [2.05, 4.69) is 15.7 Å². The molecule has 2 nitrogen and oxygen atoms in total. The Bertz CT molecular complexity index is 175. The molecule has 1 aromatic rings. The van der Waals surface area contributed by atoms with Gasteiger partial charge in [-0.2, -0.15) is 0 Å². The van der Waals surface area contributed by atoms with Crippen molar-refractivity contribution in [2.24, 2.45) is 0 Å². The summed E-state index contributed by atoms with van der Waals surface area (Å²) in [5.41, 5.74) is 0. The molecule has 0 spiro atoms. The Morgan fingerprint density at radius 3 is 2.89 bits per heavy atom. The van der Waals surface area contributed by atoms with E-state index in [1.54, 1.807) is 0 Å². The highest BCUT2D eigenvalue weighted by atomic mass is 15.1. The van der Waals surface area contributed by atoms with Gasteiger partial charge in [-0.1, -0.05) is 0 Å². The lowest BCUT2D eigenvalue weighted by Gasteiger charge is -2.26. The minimum Gasteiger partial charge on any atom is -0.334 e. The standard InChI is InChI=1S/C7H9N2/c1-2-7(3-1)9-5-4-8-6-9/h5-7H,1-3H2. The third kappa shape index (κ3) is 0.745. The van der Waals surface area contributed by atoms with Crippen molar-refractivity contribution in [2.45, 2.75) is 25.3 Å². The summed E-state index contributed by atoms with van der Waals surface area (Å²) < 4.78 is 2.14. The van der Waals surface area contributed by atoms with E-state index in [1.807, 2.05) is 12.5 Å². The minimum absolute atomic E-state index is 0.740. The second-order valence-electron chi connectivity index (χ2n) is 2.53. The monoisotopic (exact) mass is 121 g/mol. The first kappa shape index (κ1) is 5.03. The number of imidazole rings is 1. The number of nitrogens with zero attached hydrogens (tertiary/aromatic N) is 2. The Morgan fingerprint density at radius 2 is 2.44 bits per heavy atom. The van der Waals surface area contributed by atoms with Crippen molar-refractivity contribution < 1.29 is 0 Å². The van der Waals surface area contributed by atoms with Crippen molar-refractivity contribution in [1.82, 2.24) is 9.55 Å². The molecule has 1 radical (unpaired) electrons. The van der Waals surface area contributed by atoms with Crippen LogP contribution in [0.15, 0.2) is 12.5 Å². The summed E-state index contributed by atoms with van der Waals surface area (Å²) in [6.07, 6.45) is 10.6. The number of aromatic nitrogens is 2. The smallest absolute Gasteiger partial charge is 0.108 e. The van der Waals surface area contributed by atoms with Crippen molar-refractivity contribution in [2.75, 3.05) is 0 Å². The first-order valence-corrected chi connectivity index (χ1v) is 3.36. The molecule has 1 aromatic heterocycles. The van der Waals surface area contributed by atoms with Crippen LogP contribution in [0.4, 0.5) is 0 Å². The highest BCUT2D eigenvalue weighted by Gasteiger charge is 2.17. The van der Waals surface area contributed by atoms with E-state index < -0.39 is 0 Å². The molecule has 47 valence electrons. The summed E-state index contributed by atoms with van der Waals surface area (Å²) in [5.74, 6) is 0. The maximum Gasteiger partial charge on any atom is 0.108 e. The molecule has 0 N–H and O–H groups in total.